The molecule has 0 saturated heterocycles. The predicted octanol–water partition coefficient (Wildman–Crippen LogP) is 6.01. The molecule has 0 radical (unpaired) electrons. The number of aryl methyl sites for hydroxylation is 2. The number of fused-ring (bicyclic) bond motifs is 3. The summed E-state index contributed by atoms with van der Waals surface area (Å²) in [6, 6.07) is 14.7. The summed E-state index contributed by atoms with van der Waals surface area (Å²) in [7, 11) is 0. The first kappa shape index (κ1) is 26.5. The second-order valence-electron chi connectivity index (χ2n) is 8.85. The third kappa shape index (κ3) is 5.50. The normalized spacial score (nSPS) is 13.4. The number of rotatable bonds is 8. The van der Waals surface area contributed by atoms with Crippen LogP contribution in [0.3, 0.4) is 0 Å². The Kier molecular flexibility index (Phi) is 8.16. The molecule has 10 heteroatoms. The van der Waals surface area contributed by atoms with Crippen molar-refractivity contribution in [3.8, 4) is 11.4 Å². The Bertz CT molecular complexity index is 1580. The number of ether oxygens (including phenoxy) is 1. The topological polar surface area (TPSA) is 85.6 Å². The Labute approximate surface area is 233 Å². The smallest absolute Gasteiger partial charge is 0.267 e. The predicted molar refractivity (Wildman–Crippen MR) is 156 cm³/mol. The van der Waals surface area contributed by atoms with E-state index in [4.69, 9.17) is 21.3 Å². The van der Waals surface area contributed by atoms with Gasteiger partial charge in [0.05, 0.1) is 29.1 Å². The number of halogens is 1. The molecule has 2 aromatic heterocycles. The number of amides is 1. The number of hydrogen-bond acceptors (Lipinski definition) is 7. The van der Waals surface area contributed by atoms with Crippen LogP contribution in [-0.2, 0) is 17.6 Å². The average Bonchev–Trinajstić information content (AvgIpc) is 3.30. The van der Waals surface area contributed by atoms with E-state index in [9.17, 15) is 9.59 Å². The zero-order valence-corrected chi connectivity index (χ0v) is 23.5. The number of thiophene rings is 1. The van der Waals surface area contributed by atoms with E-state index in [1.54, 1.807) is 28.9 Å². The van der Waals surface area contributed by atoms with E-state index in [0.29, 0.717) is 33.6 Å². The van der Waals surface area contributed by atoms with Crippen molar-refractivity contribution >= 4 is 56.5 Å². The van der Waals surface area contributed by atoms with Crippen LogP contribution < -0.4 is 15.7 Å². The number of thioether (sulfide) groups is 1. The van der Waals surface area contributed by atoms with Gasteiger partial charge < -0.3 is 4.74 Å². The van der Waals surface area contributed by atoms with Gasteiger partial charge in [0, 0.05) is 15.5 Å². The first-order valence-corrected chi connectivity index (χ1v) is 14.7. The fourth-order valence-electron chi connectivity index (χ4n) is 4.49. The van der Waals surface area contributed by atoms with Gasteiger partial charge in [0.1, 0.15) is 10.6 Å². The number of aromatic nitrogens is 2. The molecule has 1 amide bonds. The van der Waals surface area contributed by atoms with Gasteiger partial charge in [-0.3, -0.25) is 14.2 Å². The van der Waals surface area contributed by atoms with Crippen molar-refractivity contribution in [3.63, 3.8) is 0 Å². The minimum absolute atomic E-state index is 0.0410. The number of nitrogens with one attached hydrogen (secondary N) is 1. The molecular formula is C28H27ClN4O3S2. The second kappa shape index (κ2) is 11.7. The lowest BCUT2D eigenvalue weighted by Gasteiger charge is -2.14. The molecular weight excluding hydrogens is 540 g/mol. The summed E-state index contributed by atoms with van der Waals surface area (Å²) < 4.78 is 7.18. The van der Waals surface area contributed by atoms with Crippen LogP contribution in [0.1, 0.15) is 42.7 Å². The second-order valence-corrected chi connectivity index (χ2v) is 11.3. The van der Waals surface area contributed by atoms with Crippen molar-refractivity contribution in [1.82, 2.24) is 15.0 Å². The number of hydrogen-bond donors (Lipinski definition) is 1. The minimum Gasteiger partial charge on any atom is -0.494 e. The molecule has 2 heterocycles. The molecule has 1 N–H and O–H groups in total. The standard InChI is InChI=1S/C28H27ClN4O3S2/c1-3-36-19-14-12-18(13-15-19)33-27(35)25-21-9-5-7-11-23(21)38-26(25)30-28(33)37-16-24(34)32-31-17(2)20-8-4-6-10-22(20)29/h4,6,8,10,12-15H,3,5,7,9,11,16H2,1-2H3,(H,32,34). The summed E-state index contributed by atoms with van der Waals surface area (Å²) >= 11 is 9.04. The summed E-state index contributed by atoms with van der Waals surface area (Å²) in [6.07, 6.45) is 4.08. The van der Waals surface area contributed by atoms with Crippen LogP contribution in [-0.4, -0.2) is 33.5 Å². The lowest BCUT2D eigenvalue weighted by atomic mass is 9.97. The molecule has 0 unspecified atom stereocenters. The van der Waals surface area contributed by atoms with Gasteiger partial charge in [-0.25, -0.2) is 10.4 Å². The maximum Gasteiger partial charge on any atom is 0.267 e. The molecule has 4 aromatic rings. The van der Waals surface area contributed by atoms with Crippen molar-refractivity contribution < 1.29 is 9.53 Å². The van der Waals surface area contributed by atoms with Gasteiger partial charge >= 0.3 is 0 Å². The molecule has 196 valence electrons. The van der Waals surface area contributed by atoms with E-state index in [0.717, 1.165) is 47.4 Å². The van der Waals surface area contributed by atoms with Crippen LogP contribution in [0.15, 0.2) is 63.6 Å². The van der Waals surface area contributed by atoms with Crippen LogP contribution in [0.25, 0.3) is 15.9 Å². The van der Waals surface area contributed by atoms with Crippen molar-refractivity contribution in [2.24, 2.45) is 5.10 Å². The fourth-order valence-corrected chi connectivity index (χ4v) is 6.87. The summed E-state index contributed by atoms with van der Waals surface area (Å²) in [5.41, 5.74) is 5.65. The highest BCUT2D eigenvalue weighted by Crippen LogP contribution is 2.35. The Hall–Kier alpha value is -3.14. The summed E-state index contributed by atoms with van der Waals surface area (Å²) in [5.74, 6) is 0.463. The molecule has 0 bridgehead atoms. The van der Waals surface area contributed by atoms with Crippen molar-refractivity contribution in [3.05, 3.63) is 79.9 Å². The van der Waals surface area contributed by atoms with Crippen LogP contribution in [0.2, 0.25) is 5.02 Å². The van der Waals surface area contributed by atoms with E-state index >= 15 is 0 Å². The van der Waals surface area contributed by atoms with Gasteiger partial charge in [0.15, 0.2) is 5.16 Å². The minimum atomic E-state index is -0.306. The highest BCUT2D eigenvalue weighted by atomic mass is 35.5. The van der Waals surface area contributed by atoms with Crippen LogP contribution in [0.4, 0.5) is 0 Å². The number of carbonyl (C=O) groups is 1. The molecule has 0 atom stereocenters. The Morgan fingerprint density at radius 3 is 2.71 bits per heavy atom. The van der Waals surface area contributed by atoms with Crippen molar-refractivity contribution in [2.75, 3.05) is 12.4 Å². The van der Waals surface area contributed by atoms with E-state index in [1.807, 2.05) is 49.4 Å². The van der Waals surface area contributed by atoms with Gasteiger partial charge in [-0.05, 0) is 75.4 Å². The van der Waals surface area contributed by atoms with E-state index in [1.165, 1.54) is 16.6 Å². The van der Waals surface area contributed by atoms with Gasteiger partial charge in [-0.15, -0.1) is 11.3 Å². The van der Waals surface area contributed by atoms with Crippen LogP contribution >= 0.6 is 34.7 Å². The highest BCUT2D eigenvalue weighted by molar-refractivity contribution is 7.99. The fraction of sp³-hybridized carbons (Fsp3) is 0.286. The Balaban J connectivity index is 1.45. The zero-order chi connectivity index (χ0) is 26.6. The summed E-state index contributed by atoms with van der Waals surface area (Å²) in [5, 5.41) is 5.93. The van der Waals surface area contributed by atoms with Crippen LogP contribution in [0.5, 0.6) is 5.75 Å². The molecule has 0 aliphatic heterocycles. The van der Waals surface area contributed by atoms with Gasteiger partial charge in [0.25, 0.3) is 11.5 Å². The van der Waals surface area contributed by atoms with E-state index in [-0.39, 0.29) is 17.2 Å². The first-order valence-electron chi connectivity index (χ1n) is 12.5. The molecule has 0 fully saturated rings. The third-order valence-electron chi connectivity index (χ3n) is 6.31. The highest BCUT2D eigenvalue weighted by Gasteiger charge is 2.23. The quantitative estimate of drug-likeness (QED) is 0.122. The Morgan fingerprint density at radius 1 is 1.18 bits per heavy atom. The monoisotopic (exact) mass is 566 g/mol. The molecule has 7 nitrogen and oxygen atoms in total. The lowest BCUT2D eigenvalue weighted by Crippen LogP contribution is -2.24. The zero-order valence-electron chi connectivity index (χ0n) is 21.1. The van der Waals surface area contributed by atoms with E-state index in [2.05, 4.69) is 10.5 Å². The maximum absolute atomic E-state index is 13.9. The third-order valence-corrected chi connectivity index (χ3v) is 8.76. The van der Waals surface area contributed by atoms with Crippen molar-refractivity contribution in [1.29, 1.82) is 0 Å². The number of benzene rings is 2. The SMILES string of the molecule is CCOc1ccc(-n2c(SCC(=O)NN=C(C)c3ccccc3Cl)nc3sc4c(c3c2=O)CCCC4)cc1. The molecule has 5 rings (SSSR count). The number of hydrazone groups is 1. The van der Waals surface area contributed by atoms with Gasteiger partial charge in [0.2, 0.25) is 0 Å². The summed E-state index contributed by atoms with van der Waals surface area (Å²) in [4.78, 5) is 33.5. The largest absolute Gasteiger partial charge is 0.494 e. The molecule has 1 aliphatic rings. The van der Waals surface area contributed by atoms with Gasteiger partial charge in [-0.2, -0.15) is 5.10 Å². The summed E-state index contributed by atoms with van der Waals surface area (Å²) in [6.45, 7) is 4.27. The van der Waals surface area contributed by atoms with Gasteiger partial charge in [-0.1, -0.05) is 41.6 Å². The molecule has 0 spiro atoms. The maximum atomic E-state index is 13.9. The first-order chi connectivity index (χ1) is 18.5. The molecule has 1 aliphatic carbocycles. The molecule has 0 saturated carbocycles. The molecule has 2 aromatic carbocycles. The lowest BCUT2D eigenvalue weighted by molar-refractivity contribution is -0.118. The number of carbonyl (C=O) groups excluding carboxylic acids is 1. The molecule has 38 heavy (non-hydrogen) atoms. The Morgan fingerprint density at radius 2 is 1.95 bits per heavy atom. The average molecular weight is 567 g/mol. The van der Waals surface area contributed by atoms with E-state index < -0.39 is 0 Å². The number of nitrogens with zero attached hydrogens (tertiary/aromatic N) is 3. The van der Waals surface area contributed by atoms with Crippen molar-refractivity contribution in [2.45, 2.75) is 44.7 Å². The van der Waals surface area contributed by atoms with Crippen LogP contribution in [0, 0.1) is 0 Å².